The van der Waals surface area contributed by atoms with Gasteiger partial charge in [0.15, 0.2) is 5.78 Å². The fourth-order valence-corrected chi connectivity index (χ4v) is 4.95. The first-order valence-electron chi connectivity index (χ1n) is 11.1. The number of halogens is 1. The molecule has 6 nitrogen and oxygen atoms in total. The summed E-state index contributed by atoms with van der Waals surface area (Å²) in [6.45, 7) is 5.35. The van der Waals surface area contributed by atoms with Gasteiger partial charge in [-0.05, 0) is 63.4 Å². The van der Waals surface area contributed by atoms with Crippen LogP contribution in [-0.2, 0) is 11.8 Å². The number of aromatic nitrogens is 1. The van der Waals surface area contributed by atoms with Crippen molar-refractivity contribution in [2.45, 2.75) is 65.0 Å². The number of benzene rings is 1. The van der Waals surface area contributed by atoms with Crippen molar-refractivity contribution in [3.63, 3.8) is 0 Å². The van der Waals surface area contributed by atoms with Crippen LogP contribution in [0.3, 0.4) is 0 Å². The Balaban J connectivity index is 2.02. The molecule has 0 unspecified atom stereocenters. The summed E-state index contributed by atoms with van der Waals surface area (Å²) in [6, 6.07) is 6.10. The third kappa shape index (κ3) is 4.46. The van der Waals surface area contributed by atoms with Gasteiger partial charge in [0.1, 0.15) is 5.69 Å². The molecule has 1 saturated carbocycles. The lowest BCUT2D eigenvalue weighted by Gasteiger charge is -2.38. The van der Waals surface area contributed by atoms with E-state index in [1.165, 1.54) is 7.11 Å². The molecule has 1 aliphatic rings. The first kappa shape index (κ1) is 24.1. The lowest BCUT2D eigenvalue weighted by Crippen LogP contribution is -2.50. The topological polar surface area (TPSA) is 68.6 Å². The van der Waals surface area contributed by atoms with Crippen molar-refractivity contribution in [1.29, 1.82) is 0 Å². The van der Waals surface area contributed by atoms with Crippen molar-refractivity contribution < 1.29 is 19.1 Å². The molecule has 3 rings (SSSR count). The Kier molecular flexibility index (Phi) is 7.44. The Morgan fingerprint density at radius 3 is 2.25 bits per heavy atom. The van der Waals surface area contributed by atoms with Crippen molar-refractivity contribution in [3.8, 4) is 0 Å². The standard InChI is InChI=1S/C25H31ClN2O4/c1-15-21(16(2)27(4)22(15)25(31)32-5)23(29)17(3)28(20-9-7-6-8-10-20)24(30)18-11-13-19(26)14-12-18/h11-14,17,20H,6-10H2,1-5H3/t17-/m1/s1. The van der Waals surface area contributed by atoms with Crippen molar-refractivity contribution in [3.05, 3.63) is 57.4 Å². The Morgan fingerprint density at radius 2 is 1.69 bits per heavy atom. The summed E-state index contributed by atoms with van der Waals surface area (Å²) in [4.78, 5) is 41.4. The van der Waals surface area contributed by atoms with E-state index < -0.39 is 12.0 Å². The number of carbonyl (C=O) groups excluding carboxylic acids is 3. The Bertz CT molecular complexity index is 1020. The molecule has 1 fully saturated rings. The largest absolute Gasteiger partial charge is 0.464 e. The van der Waals surface area contributed by atoms with Gasteiger partial charge in [0.25, 0.3) is 5.91 Å². The third-order valence-electron chi connectivity index (χ3n) is 6.65. The van der Waals surface area contributed by atoms with Crippen LogP contribution in [0.2, 0.25) is 5.02 Å². The van der Waals surface area contributed by atoms with Crippen LogP contribution < -0.4 is 0 Å². The Hall–Kier alpha value is -2.60. The van der Waals surface area contributed by atoms with Crippen LogP contribution in [0.25, 0.3) is 0 Å². The normalized spacial score (nSPS) is 15.3. The fraction of sp³-hybridized carbons (Fsp3) is 0.480. The number of hydrogen-bond donors (Lipinski definition) is 0. The van der Waals surface area contributed by atoms with Crippen LogP contribution >= 0.6 is 11.6 Å². The number of carbonyl (C=O) groups is 3. The lowest BCUT2D eigenvalue weighted by atomic mass is 9.90. The number of esters is 1. The summed E-state index contributed by atoms with van der Waals surface area (Å²) < 4.78 is 6.60. The van der Waals surface area contributed by atoms with Crippen LogP contribution in [0, 0.1) is 13.8 Å². The SMILES string of the molecule is COC(=O)c1c(C)c(C(=O)[C@@H](C)N(C(=O)c2ccc(Cl)cc2)C2CCCCC2)c(C)n1C. The lowest BCUT2D eigenvalue weighted by molar-refractivity contribution is 0.0486. The Morgan fingerprint density at radius 1 is 1.09 bits per heavy atom. The molecule has 0 N–H and O–H groups in total. The number of nitrogens with zero attached hydrogens (tertiary/aromatic N) is 2. The maximum absolute atomic E-state index is 13.8. The summed E-state index contributed by atoms with van der Waals surface area (Å²) in [5.74, 6) is -0.825. The van der Waals surface area contributed by atoms with Gasteiger partial charge in [-0.25, -0.2) is 4.79 Å². The van der Waals surface area contributed by atoms with Gasteiger partial charge in [-0.1, -0.05) is 30.9 Å². The minimum Gasteiger partial charge on any atom is -0.464 e. The number of amides is 1. The zero-order valence-corrected chi connectivity index (χ0v) is 20.2. The molecular weight excluding hydrogens is 428 g/mol. The van der Waals surface area contributed by atoms with E-state index in [0.29, 0.717) is 33.1 Å². The number of Topliss-reactive ketones (excluding diaryl/α,β-unsaturated/α-hetero) is 1. The molecule has 1 atom stereocenters. The van der Waals surface area contributed by atoms with Gasteiger partial charge < -0.3 is 14.2 Å². The monoisotopic (exact) mass is 458 g/mol. The molecule has 32 heavy (non-hydrogen) atoms. The molecule has 1 heterocycles. The van der Waals surface area contributed by atoms with E-state index in [2.05, 4.69) is 0 Å². The van der Waals surface area contributed by atoms with Gasteiger partial charge in [-0.2, -0.15) is 0 Å². The predicted octanol–water partition coefficient (Wildman–Crippen LogP) is 5.13. The molecule has 2 aromatic rings. The number of hydrogen-bond acceptors (Lipinski definition) is 4. The summed E-state index contributed by atoms with van der Waals surface area (Å²) in [5.41, 5.74) is 2.61. The smallest absolute Gasteiger partial charge is 0.354 e. The zero-order chi connectivity index (χ0) is 23.6. The average Bonchev–Trinajstić information content (AvgIpc) is 3.02. The highest BCUT2D eigenvalue weighted by Gasteiger charge is 2.36. The van der Waals surface area contributed by atoms with Gasteiger partial charge in [0.05, 0.1) is 13.2 Å². The van der Waals surface area contributed by atoms with E-state index in [9.17, 15) is 14.4 Å². The molecule has 172 valence electrons. The second-order valence-electron chi connectivity index (χ2n) is 8.54. The fourth-order valence-electron chi connectivity index (χ4n) is 4.82. The van der Waals surface area contributed by atoms with E-state index >= 15 is 0 Å². The minimum atomic E-state index is -0.674. The van der Waals surface area contributed by atoms with Gasteiger partial charge >= 0.3 is 5.97 Å². The van der Waals surface area contributed by atoms with E-state index in [4.69, 9.17) is 16.3 Å². The van der Waals surface area contributed by atoms with E-state index in [-0.39, 0.29) is 17.7 Å². The zero-order valence-electron chi connectivity index (χ0n) is 19.4. The molecule has 7 heteroatoms. The van der Waals surface area contributed by atoms with Crippen molar-refractivity contribution >= 4 is 29.3 Å². The van der Waals surface area contributed by atoms with E-state index in [0.717, 1.165) is 32.1 Å². The number of ketones is 1. The highest BCUT2D eigenvalue weighted by Crippen LogP contribution is 2.30. The van der Waals surface area contributed by atoms with Gasteiger partial charge in [-0.15, -0.1) is 0 Å². The van der Waals surface area contributed by atoms with Crippen LogP contribution in [0.15, 0.2) is 24.3 Å². The van der Waals surface area contributed by atoms with Crippen LogP contribution in [0.4, 0.5) is 0 Å². The molecule has 1 aromatic heterocycles. The predicted molar refractivity (Wildman–Crippen MR) is 125 cm³/mol. The molecule has 0 radical (unpaired) electrons. The molecule has 1 aromatic carbocycles. The first-order valence-corrected chi connectivity index (χ1v) is 11.4. The second-order valence-corrected chi connectivity index (χ2v) is 8.97. The molecule has 0 aliphatic heterocycles. The quantitative estimate of drug-likeness (QED) is 0.444. The van der Waals surface area contributed by atoms with Crippen molar-refractivity contribution in [2.24, 2.45) is 7.05 Å². The van der Waals surface area contributed by atoms with Gasteiger partial charge in [-0.3, -0.25) is 9.59 Å². The van der Waals surface area contributed by atoms with Crippen molar-refractivity contribution in [1.82, 2.24) is 9.47 Å². The number of rotatable bonds is 6. The molecule has 1 amide bonds. The number of ether oxygens (including phenoxy) is 1. The average molecular weight is 459 g/mol. The maximum Gasteiger partial charge on any atom is 0.354 e. The van der Waals surface area contributed by atoms with Gasteiger partial charge in [0.2, 0.25) is 0 Å². The van der Waals surface area contributed by atoms with Crippen LogP contribution in [0.1, 0.15) is 81.5 Å². The molecule has 0 saturated heterocycles. The van der Waals surface area contributed by atoms with E-state index in [1.807, 2.05) is 6.92 Å². The molecule has 0 spiro atoms. The summed E-state index contributed by atoms with van der Waals surface area (Å²) >= 11 is 6.01. The maximum atomic E-state index is 13.8. The Labute approximate surface area is 194 Å². The molecule has 1 aliphatic carbocycles. The first-order chi connectivity index (χ1) is 15.2. The number of methoxy groups -OCH3 is 1. The van der Waals surface area contributed by atoms with E-state index in [1.54, 1.807) is 54.6 Å². The second kappa shape index (κ2) is 9.90. The van der Waals surface area contributed by atoms with Crippen LogP contribution in [-0.4, -0.2) is 46.3 Å². The highest BCUT2D eigenvalue weighted by atomic mass is 35.5. The minimum absolute atomic E-state index is 0.00437. The highest BCUT2D eigenvalue weighted by molar-refractivity contribution is 6.30. The molecular formula is C25H31ClN2O4. The molecule has 0 bridgehead atoms. The van der Waals surface area contributed by atoms with Crippen molar-refractivity contribution in [2.75, 3.05) is 7.11 Å². The van der Waals surface area contributed by atoms with Crippen LogP contribution in [0.5, 0.6) is 0 Å². The third-order valence-corrected chi connectivity index (χ3v) is 6.90. The summed E-state index contributed by atoms with van der Waals surface area (Å²) in [6.07, 6.45) is 4.95. The summed E-state index contributed by atoms with van der Waals surface area (Å²) in [7, 11) is 3.07. The summed E-state index contributed by atoms with van der Waals surface area (Å²) in [5, 5.41) is 0.556. The van der Waals surface area contributed by atoms with Gasteiger partial charge in [0, 0.05) is 34.9 Å².